The van der Waals surface area contributed by atoms with Gasteiger partial charge in [-0.3, -0.25) is 19.0 Å². The van der Waals surface area contributed by atoms with E-state index in [9.17, 15) is 14.4 Å². The number of aromatic nitrogens is 2. The molecule has 0 atom stereocenters. The van der Waals surface area contributed by atoms with E-state index in [1.54, 1.807) is 30.5 Å². The Hall–Kier alpha value is -3.48. The molecule has 25 heavy (non-hydrogen) atoms. The van der Waals surface area contributed by atoms with Crippen LogP contribution in [0.25, 0.3) is 11.0 Å². The fourth-order valence-corrected chi connectivity index (χ4v) is 2.58. The van der Waals surface area contributed by atoms with Gasteiger partial charge in [-0.05, 0) is 49.4 Å². The zero-order chi connectivity index (χ0) is 18.0. The van der Waals surface area contributed by atoms with Gasteiger partial charge in [-0.1, -0.05) is 0 Å². The van der Waals surface area contributed by atoms with E-state index in [1.807, 2.05) is 6.92 Å². The Bertz CT molecular complexity index is 1020. The molecular weight excluding hydrogens is 320 g/mol. The lowest BCUT2D eigenvalue weighted by molar-refractivity contribution is 0.0998. The van der Waals surface area contributed by atoms with Gasteiger partial charge in [0.25, 0.3) is 11.5 Å². The second-order valence-corrected chi connectivity index (χ2v) is 5.42. The third kappa shape index (κ3) is 3.12. The van der Waals surface area contributed by atoms with Gasteiger partial charge in [0.2, 0.25) is 5.91 Å². The Morgan fingerprint density at radius 1 is 1.20 bits per heavy atom. The van der Waals surface area contributed by atoms with Crippen LogP contribution in [0.2, 0.25) is 0 Å². The van der Waals surface area contributed by atoms with Crippen molar-refractivity contribution >= 4 is 28.5 Å². The van der Waals surface area contributed by atoms with Gasteiger partial charge in [-0.2, -0.15) is 0 Å². The Kier molecular flexibility index (Phi) is 4.30. The predicted molar refractivity (Wildman–Crippen MR) is 94.6 cm³/mol. The molecule has 2 aromatic heterocycles. The normalized spacial score (nSPS) is 10.6. The van der Waals surface area contributed by atoms with Gasteiger partial charge in [-0.15, -0.1) is 0 Å². The number of hydrogen-bond donors (Lipinski definition) is 2. The summed E-state index contributed by atoms with van der Waals surface area (Å²) in [5, 5.41) is 3.36. The van der Waals surface area contributed by atoms with Gasteiger partial charge in [0.05, 0.1) is 0 Å². The lowest BCUT2D eigenvalue weighted by Crippen LogP contribution is -2.29. The number of pyridine rings is 2. The standard InChI is InChI=1S/C18H16N4O3/c1-2-22-16-12(4-3-9-20-16)10-14(18(22)25)17(24)21-13-7-5-11(6-8-13)15(19)23/h3-10H,2H2,1H3,(H2,19,23)(H,21,24). The molecular formula is C18H16N4O3. The molecule has 0 radical (unpaired) electrons. The summed E-state index contributed by atoms with van der Waals surface area (Å²) in [6.45, 7) is 2.22. The molecule has 126 valence electrons. The summed E-state index contributed by atoms with van der Waals surface area (Å²) < 4.78 is 1.46. The molecule has 0 saturated heterocycles. The molecule has 7 heteroatoms. The van der Waals surface area contributed by atoms with Gasteiger partial charge < -0.3 is 11.1 Å². The van der Waals surface area contributed by atoms with Crippen molar-refractivity contribution in [3.63, 3.8) is 0 Å². The van der Waals surface area contributed by atoms with Crippen molar-refractivity contribution in [2.45, 2.75) is 13.5 Å². The summed E-state index contributed by atoms with van der Waals surface area (Å²) in [4.78, 5) is 40.4. The maximum Gasteiger partial charge on any atom is 0.265 e. The quantitative estimate of drug-likeness (QED) is 0.757. The number of carbonyl (C=O) groups is 2. The van der Waals surface area contributed by atoms with Crippen LogP contribution in [0.3, 0.4) is 0 Å². The predicted octanol–water partition coefficient (Wildman–Crippen LogP) is 1.77. The highest BCUT2D eigenvalue weighted by Crippen LogP contribution is 2.14. The molecule has 3 rings (SSSR count). The zero-order valence-electron chi connectivity index (χ0n) is 13.5. The summed E-state index contributed by atoms with van der Waals surface area (Å²) in [5.74, 6) is -1.07. The summed E-state index contributed by atoms with van der Waals surface area (Å²) in [7, 11) is 0. The van der Waals surface area contributed by atoms with Crippen molar-refractivity contribution in [3.8, 4) is 0 Å². The minimum Gasteiger partial charge on any atom is -0.366 e. The summed E-state index contributed by atoms with van der Waals surface area (Å²) in [6, 6.07) is 11.2. The molecule has 3 aromatic rings. The van der Waals surface area contributed by atoms with Crippen LogP contribution in [-0.2, 0) is 6.54 Å². The maximum absolute atomic E-state index is 12.6. The van der Waals surface area contributed by atoms with E-state index in [-0.39, 0.29) is 5.56 Å². The first-order valence-corrected chi connectivity index (χ1v) is 7.71. The van der Waals surface area contributed by atoms with Crippen molar-refractivity contribution in [1.82, 2.24) is 9.55 Å². The van der Waals surface area contributed by atoms with Gasteiger partial charge in [0.15, 0.2) is 0 Å². The van der Waals surface area contributed by atoms with Gasteiger partial charge in [0, 0.05) is 29.4 Å². The highest BCUT2D eigenvalue weighted by Gasteiger charge is 2.16. The number of primary amides is 1. The number of carbonyl (C=O) groups excluding carboxylic acids is 2. The van der Waals surface area contributed by atoms with Crippen molar-refractivity contribution in [2.24, 2.45) is 5.73 Å². The van der Waals surface area contributed by atoms with Crippen LogP contribution in [0.1, 0.15) is 27.6 Å². The number of hydrogen-bond acceptors (Lipinski definition) is 4. The Labute approximate surface area is 143 Å². The first-order chi connectivity index (χ1) is 12.0. The number of fused-ring (bicyclic) bond motifs is 1. The molecule has 0 aliphatic rings. The van der Waals surface area contributed by atoms with Crippen molar-refractivity contribution in [3.05, 3.63) is 70.1 Å². The van der Waals surface area contributed by atoms with Crippen LogP contribution < -0.4 is 16.6 Å². The fourth-order valence-electron chi connectivity index (χ4n) is 2.58. The first kappa shape index (κ1) is 16.4. The summed E-state index contributed by atoms with van der Waals surface area (Å²) in [5.41, 5.74) is 6.15. The van der Waals surface area contributed by atoms with E-state index in [0.717, 1.165) is 0 Å². The molecule has 0 aliphatic carbocycles. The first-order valence-electron chi connectivity index (χ1n) is 7.71. The summed E-state index contributed by atoms with van der Waals surface area (Å²) in [6.07, 6.45) is 1.61. The number of benzene rings is 1. The van der Waals surface area contributed by atoms with Crippen LogP contribution in [0.15, 0.2) is 53.5 Å². The van der Waals surface area contributed by atoms with Crippen LogP contribution in [-0.4, -0.2) is 21.4 Å². The SMILES string of the molecule is CCn1c(=O)c(C(=O)Nc2ccc(C(N)=O)cc2)cc2cccnc21. The molecule has 7 nitrogen and oxygen atoms in total. The smallest absolute Gasteiger partial charge is 0.265 e. The highest BCUT2D eigenvalue weighted by molar-refractivity contribution is 6.05. The average molecular weight is 336 g/mol. The second kappa shape index (κ2) is 6.56. The monoisotopic (exact) mass is 336 g/mol. The molecule has 2 amide bonds. The molecule has 0 saturated carbocycles. The highest BCUT2D eigenvalue weighted by atomic mass is 16.2. The third-order valence-corrected chi connectivity index (χ3v) is 3.84. The lowest BCUT2D eigenvalue weighted by Gasteiger charge is -2.10. The Balaban J connectivity index is 1.98. The molecule has 0 aliphatic heterocycles. The maximum atomic E-state index is 12.6. The molecule has 2 heterocycles. The van der Waals surface area contributed by atoms with E-state index >= 15 is 0 Å². The molecule has 3 N–H and O–H groups in total. The van der Waals surface area contributed by atoms with E-state index in [0.29, 0.717) is 28.8 Å². The Morgan fingerprint density at radius 3 is 2.56 bits per heavy atom. The number of nitrogens with one attached hydrogen (secondary N) is 1. The minimum atomic E-state index is -0.550. The van der Waals surface area contributed by atoms with E-state index in [2.05, 4.69) is 10.3 Å². The number of aryl methyl sites for hydroxylation is 1. The Morgan fingerprint density at radius 2 is 1.92 bits per heavy atom. The number of amides is 2. The molecule has 0 spiro atoms. The van der Waals surface area contributed by atoms with Gasteiger partial charge >= 0.3 is 0 Å². The van der Waals surface area contributed by atoms with Crippen molar-refractivity contribution in [1.29, 1.82) is 0 Å². The second-order valence-electron chi connectivity index (χ2n) is 5.42. The molecule has 0 bridgehead atoms. The zero-order valence-corrected chi connectivity index (χ0v) is 13.5. The fraction of sp³-hybridized carbons (Fsp3) is 0.111. The van der Waals surface area contributed by atoms with E-state index in [1.165, 1.54) is 22.8 Å². The van der Waals surface area contributed by atoms with Crippen LogP contribution >= 0.6 is 0 Å². The molecule has 0 unspecified atom stereocenters. The number of rotatable bonds is 4. The number of nitrogens with two attached hydrogens (primary N) is 1. The minimum absolute atomic E-state index is 0.0290. The molecule has 1 aromatic carbocycles. The number of nitrogens with zero attached hydrogens (tertiary/aromatic N) is 2. The lowest BCUT2D eigenvalue weighted by atomic mass is 10.1. The third-order valence-electron chi connectivity index (χ3n) is 3.84. The number of anilines is 1. The molecule has 0 fully saturated rings. The average Bonchev–Trinajstić information content (AvgIpc) is 2.61. The van der Waals surface area contributed by atoms with Crippen LogP contribution in [0.4, 0.5) is 5.69 Å². The van der Waals surface area contributed by atoms with Gasteiger partial charge in [-0.25, -0.2) is 4.98 Å². The largest absolute Gasteiger partial charge is 0.366 e. The van der Waals surface area contributed by atoms with Crippen LogP contribution in [0, 0.1) is 0 Å². The summed E-state index contributed by atoms with van der Waals surface area (Å²) >= 11 is 0. The van der Waals surface area contributed by atoms with Crippen LogP contribution in [0.5, 0.6) is 0 Å². The van der Waals surface area contributed by atoms with E-state index < -0.39 is 17.4 Å². The topological polar surface area (TPSA) is 107 Å². The van der Waals surface area contributed by atoms with Gasteiger partial charge in [0.1, 0.15) is 11.2 Å². The van der Waals surface area contributed by atoms with Crippen molar-refractivity contribution in [2.75, 3.05) is 5.32 Å². The van der Waals surface area contributed by atoms with E-state index in [4.69, 9.17) is 5.73 Å². The van der Waals surface area contributed by atoms with Crippen molar-refractivity contribution < 1.29 is 9.59 Å².